The lowest BCUT2D eigenvalue weighted by Gasteiger charge is -2.02. The molecule has 5 heteroatoms. The van der Waals surface area contributed by atoms with Crippen molar-refractivity contribution >= 4 is 17.7 Å². The summed E-state index contributed by atoms with van der Waals surface area (Å²) >= 11 is 5.44. The highest BCUT2D eigenvalue weighted by molar-refractivity contribution is 6.30. The van der Waals surface area contributed by atoms with Crippen LogP contribution in [0.25, 0.3) is 0 Å². The highest BCUT2D eigenvalue weighted by Gasteiger charge is 2.10. The molecule has 0 fully saturated rings. The van der Waals surface area contributed by atoms with Crippen molar-refractivity contribution in [3.8, 4) is 6.07 Å². The predicted molar refractivity (Wildman–Crippen MR) is 47.9 cm³/mol. The van der Waals surface area contributed by atoms with Gasteiger partial charge in [0.05, 0.1) is 11.1 Å². The highest BCUT2D eigenvalue weighted by Crippen LogP contribution is 2.21. The lowest BCUT2D eigenvalue weighted by molar-refractivity contribution is 0.561. The average molecular weight is 211 g/mol. The van der Waals surface area contributed by atoms with E-state index < -0.39 is 11.9 Å². The molecular weight excluding hydrogens is 207 g/mol. The first-order valence-electron chi connectivity index (χ1n) is 3.60. The molecule has 0 radical (unpaired) electrons. The van der Waals surface area contributed by atoms with Crippen LogP contribution in [0.5, 0.6) is 0 Å². The van der Waals surface area contributed by atoms with Gasteiger partial charge in [-0.2, -0.15) is 10.3 Å². The van der Waals surface area contributed by atoms with E-state index in [1.165, 1.54) is 18.2 Å². The maximum absolute atomic E-state index is 12.9. The van der Waals surface area contributed by atoms with Gasteiger partial charge in [-0.1, -0.05) is 17.7 Å². The topological polar surface area (TPSA) is 53.2 Å². The maximum Gasteiger partial charge on any atom is 0.236 e. The predicted octanol–water partition coefficient (Wildman–Crippen LogP) is 2.38. The Morgan fingerprint density at radius 2 is 2.29 bits per heavy atom. The summed E-state index contributed by atoms with van der Waals surface area (Å²) in [6.07, 6.45) is 1.25. The minimum Gasteiger partial charge on any atom is -0.211 e. The minimum absolute atomic E-state index is 0.0412. The molecular formula is C9H4ClFN2O. The Hall–Kier alpha value is -1.69. The van der Waals surface area contributed by atoms with E-state index in [0.29, 0.717) is 0 Å². The Bertz CT molecular complexity index is 435. The molecule has 0 aliphatic rings. The molecule has 0 aliphatic heterocycles. The number of benzene rings is 1. The summed E-state index contributed by atoms with van der Waals surface area (Å²) in [6, 6.07) is 4.50. The van der Waals surface area contributed by atoms with Gasteiger partial charge in [0.1, 0.15) is 5.82 Å². The summed E-state index contributed by atoms with van der Waals surface area (Å²) in [4.78, 5) is 13.1. The van der Waals surface area contributed by atoms with E-state index in [0.717, 1.165) is 6.07 Å². The number of nitriles is 1. The first-order chi connectivity index (χ1) is 6.69. The van der Waals surface area contributed by atoms with Crippen molar-refractivity contribution in [2.24, 2.45) is 4.99 Å². The number of isocyanates is 1. The van der Waals surface area contributed by atoms with Gasteiger partial charge in [-0.25, -0.2) is 9.18 Å². The van der Waals surface area contributed by atoms with Crippen molar-refractivity contribution in [2.75, 3.05) is 0 Å². The van der Waals surface area contributed by atoms with Crippen LogP contribution in [0.1, 0.15) is 11.6 Å². The maximum atomic E-state index is 12.9. The van der Waals surface area contributed by atoms with Crippen molar-refractivity contribution in [2.45, 2.75) is 6.04 Å². The third kappa shape index (κ3) is 2.17. The number of halogens is 2. The van der Waals surface area contributed by atoms with Crippen LogP contribution in [-0.4, -0.2) is 6.08 Å². The van der Waals surface area contributed by atoms with E-state index in [-0.39, 0.29) is 10.6 Å². The lowest BCUT2D eigenvalue weighted by Crippen LogP contribution is -1.92. The number of hydrogen-bond acceptors (Lipinski definition) is 3. The third-order valence-electron chi connectivity index (χ3n) is 1.56. The number of hydrogen-bond donors (Lipinski definition) is 0. The molecule has 0 aromatic heterocycles. The van der Waals surface area contributed by atoms with Crippen molar-refractivity contribution < 1.29 is 9.18 Å². The first-order valence-corrected chi connectivity index (χ1v) is 3.98. The van der Waals surface area contributed by atoms with E-state index in [2.05, 4.69) is 4.99 Å². The molecule has 70 valence electrons. The van der Waals surface area contributed by atoms with Gasteiger partial charge in [-0.3, -0.25) is 0 Å². The summed E-state index contributed by atoms with van der Waals surface area (Å²) in [5, 5.41) is 8.55. The quantitative estimate of drug-likeness (QED) is 0.556. The summed E-state index contributed by atoms with van der Waals surface area (Å²) in [5.41, 5.74) is 0.276. The monoisotopic (exact) mass is 210 g/mol. The standard InChI is InChI=1S/C9H4ClFN2O/c10-7-2-1-6(3-8(7)11)9(4-12)13-5-14/h1-3,9H. The second-order valence-electron chi connectivity index (χ2n) is 2.43. The molecule has 1 rings (SSSR count). The molecule has 0 N–H and O–H groups in total. The molecule has 0 saturated carbocycles. The number of rotatable bonds is 2. The molecule has 0 saturated heterocycles. The highest BCUT2D eigenvalue weighted by atomic mass is 35.5. The normalized spacial score (nSPS) is 11.2. The first kappa shape index (κ1) is 10.4. The Labute approximate surface area is 84.4 Å². The Morgan fingerprint density at radius 1 is 1.57 bits per heavy atom. The minimum atomic E-state index is -1.03. The number of carbonyl (C=O) groups excluding carboxylic acids is 1. The van der Waals surface area contributed by atoms with Crippen LogP contribution in [0.15, 0.2) is 23.2 Å². The Kier molecular flexibility index (Phi) is 3.35. The number of nitrogens with zero attached hydrogens (tertiary/aromatic N) is 2. The van der Waals surface area contributed by atoms with Gasteiger partial charge in [0.25, 0.3) is 0 Å². The van der Waals surface area contributed by atoms with Crippen LogP contribution in [0, 0.1) is 17.1 Å². The van der Waals surface area contributed by atoms with Crippen LogP contribution < -0.4 is 0 Å². The van der Waals surface area contributed by atoms with Gasteiger partial charge < -0.3 is 0 Å². The molecule has 0 aliphatic carbocycles. The summed E-state index contributed by atoms with van der Waals surface area (Å²) < 4.78 is 12.9. The smallest absolute Gasteiger partial charge is 0.211 e. The van der Waals surface area contributed by atoms with Crippen molar-refractivity contribution in [3.63, 3.8) is 0 Å². The van der Waals surface area contributed by atoms with Crippen molar-refractivity contribution in [1.82, 2.24) is 0 Å². The van der Waals surface area contributed by atoms with Gasteiger partial charge in [0.2, 0.25) is 6.08 Å². The zero-order valence-electron chi connectivity index (χ0n) is 6.87. The summed E-state index contributed by atoms with van der Waals surface area (Å²) in [6.45, 7) is 0. The fraction of sp³-hybridized carbons (Fsp3) is 0.111. The Balaban J connectivity index is 3.13. The van der Waals surface area contributed by atoms with Gasteiger partial charge in [0.15, 0.2) is 6.04 Å². The largest absolute Gasteiger partial charge is 0.236 e. The fourth-order valence-electron chi connectivity index (χ4n) is 0.913. The van der Waals surface area contributed by atoms with Gasteiger partial charge in [-0.05, 0) is 17.7 Å². The van der Waals surface area contributed by atoms with E-state index in [1.807, 2.05) is 0 Å². The molecule has 1 atom stereocenters. The SMILES string of the molecule is N#CC(N=C=O)c1ccc(Cl)c(F)c1. The Morgan fingerprint density at radius 3 is 2.79 bits per heavy atom. The molecule has 0 amide bonds. The van der Waals surface area contributed by atoms with E-state index >= 15 is 0 Å². The van der Waals surface area contributed by atoms with E-state index in [9.17, 15) is 9.18 Å². The third-order valence-corrected chi connectivity index (χ3v) is 1.87. The lowest BCUT2D eigenvalue weighted by atomic mass is 10.1. The molecule has 1 aromatic carbocycles. The zero-order chi connectivity index (χ0) is 10.6. The molecule has 14 heavy (non-hydrogen) atoms. The molecule has 3 nitrogen and oxygen atoms in total. The zero-order valence-corrected chi connectivity index (χ0v) is 7.62. The van der Waals surface area contributed by atoms with Crippen LogP contribution >= 0.6 is 11.6 Å². The molecule has 1 aromatic rings. The second-order valence-corrected chi connectivity index (χ2v) is 2.83. The average Bonchev–Trinajstić information content (AvgIpc) is 2.19. The van der Waals surface area contributed by atoms with Crippen molar-refractivity contribution in [3.05, 3.63) is 34.6 Å². The van der Waals surface area contributed by atoms with E-state index in [1.54, 1.807) is 6.07 Å². The van der Waals surface area contributed by atoms with E-state index in [4.69, 9.17) is 16.9 Å². The van der Waals surface area contributed by atoms with Crippen LogP contribution in [-0.2, 0) is 4.79 Å². The number of aliphatic imine (C=N–C) groups is 1. The van der Waals surface area contributed by atoms with Gasteiger partial charge in [-0.15, -0.1) is 0 Å². The molecule has 0 heterocycles. The second kappa shape index (κ2) is 4.52. The summed E-state index contributed by atoms with van der Waals surface area (Å²) in [5.74, 6) is -0.648. The van der Waals surface area contributed by atoms with Crippen LogP contribution in [0.2, 0.25) is 5.02 Å². The van der Waals surface area contributed by atoms with Gasteiger partial charge >= 0.3 is 0 Å². The fourth-order valence-corrected chi connectivity index (χ4v) is 1.03. The molecule has 0 spiro atoms. The van der Waals surface area contributed by atoms with Crippen LogP contribution in [0.3, 0.4) is 0 Å². The molecule has 0 bridgehead atoms. The van der Waals surface area contributed by atoms with Gasteiger partial charge in [0, 0.05) is 0 Å². The molecule has 1 unspecified atom stereocenters. The summed E-state index contributed by atoms with van der Waals surface area (Å²) in [7, 11) is 0. The van der Waals surface area contributed by atoms with Crippen LogP contribution in [0.4, 0.5) is 4.39 Å². The van der Waals surface area contributed by atoms with Crippen molar-refractivity contribution in [1.29, 1.82) is 5.26 Å².